The first-order valence-corrected chi connectivity index (χ1v) is 7.52. The van der Waals surface area contributed by atoms with Gasteiger partial charge in [-0.25, -0.2) is 13.1 Å². The third-order valence-corrected chi connectivity index (χ3v) is 4.43. The fourth-order valence-corrected chi connectivity index (χ4v) is 2.76. The average Bonchev–Trinajstić information content (AvgIpc) is 2.35. The van der Waals surface area contributed by atoms with E-state index >= 15 is 0 Å². The smallest absolute Gasteiger partial charge is 0.210 e. The molecule has 1 aromatic rings. The fraction of sp³-hybridized carbons (Fsp3) is 0.167. The Balaban J connectivity index is 2.34. The first-order valence-electron chi connectivity index (χ1n) is 5.05. The Bertz CT molecular complexity index is 480. The number of benzene rings is 1. The van der Waals surface area contributed by atoms with Crippen LogP contribution in [0.1, 0.15) is 0 Å². The topological polar surface area (TPSA) is 46.2 Å². The summed E-state index contributed by atoms with van der Waals surface area (Å²) in [5, 5.41) is 0. The zero-order chi connectivity index (χ0) is 12.7. The Labute approximate surface area is 107 Å². The number of allylic oxidation sites excluding steroid dienone is 1. The lowest BCUT2D eigenvalue weighted by atomic mass is 10.4. The van der Waals surface area contributed by atoms with Crippen LogP contribution in [0.4, 0.5) is 0 Å². The average molecular weight is 269 g/mol. The Morgan fingerprint density at radius 2 is 2.00 bits per heavy atom. The molecule has 0 radical (unpaired) electrons. The maximum absolute atomic E-state index is 11.5. The largest absolute Gasteiger partial charge is 0.239 e. The SMILES string of the molecule is C=CC(=C)S(=O)(=O)NCCSc1ccccc1. The van der Waals surface area contributed by atoms with Crippen molar-refractivity contribution >= 4 is 21.8 Å². The molecule has 1 rings (SSSR count). The van der Waals surface area contributed by atoms with Gasteiger partial charge in [-0.2, -0.15) is 0 Å². The van der Waals surface area contributed by atoms with Crippen molar-refractivity contribution in [1.82, 2.24) is 4.72 Å². The monoisotopic (exact) mass is 269 g/mol. The second kappa shape index (κ2) is 6.64. The van der Waals surface area contributed by atoms with Crippen molar-refractivity contribution in [2.45, 2.75) is 4.90 Å². The van der Waals surface area contributed by atoms with E-state index in [2.05, 4.69) is 17.9 Å². The van der Waals surface area contributed by atoms with E-state index in [1.807, 2.05) is 30.3 Å². The van der Waals surface area contributed by atoms with E-state index in [-0.39, 0.29) is 4.91 Å². The van der Waals surface area contributed by atoms with Crippen molar-refractivity contribution in [3.63, 3.8) is 0 Å². The molecule has 0 unspecified atom stereocenters. The van der Waals surface area contributed by atoms with Gasteiger partial charge in [0.2, 0.25) is 10.0 Å². The van der Waals surface area contributed by atoms with E-state index < -0.39 is 10.0 Å². The number of rotatable bonds is 7. The van der Waals surface area contributed by atoms with Crippen molar-refractivity contribution in [2.24, 2.45) is 0 Å². The Morgan fingerprint density at radius 3 is 2.59 bits per heavy atom. The van der Waals surface area contributed by atoms with E-state index in [1.165, 1.54) is 6.08 Å². The lowest BCUT2D eigenvalue weighted by Crippen LogP contribution is -2.26. The normalized spacial score (nSPS) is 11.1. The zero-order valence-corrected chi connectivity index (χ0v) is 11.1. The lowest BCUT2D eigenvalue weighted by Gasteiger charge is -2.05. The van der Waals surface area contributed by atoms with Crippen molar-refractivity contribution in [3.05, 3.63) is 54.5 Å². The van der Waals surface area contributed by atoms with E-state index in [1.54, 1.807) is 11.8 Å². The number of thioether (sulfide) groups is 1. The van der Waals surface area contributed by atoms with Gasteiger partial charge in [0.05, 0.1) is 4.91 Å². The third kappa shape index (κ3) is 4.77. The van der Waals surface area contributed by atoms with Gasteiger partial charge in [0.1, 0.15) is 0 Å². The molecule has 1 N–H and O–H groups in total. The molecule has 0 saturated heterocycles. The Hall–Kier alpha value is -1.04. The van der Waals surface area contributed by atoms with Gasteiger partial charge in [-0.05, 0) is 18.2 Å². The highest BCUT2D eigenvalue weighted by molar-refractivity contribution is 7.99. The second-order valence-electron chi connectivity index (χ2n) is 3.23. The van der Waals surface area contributed by atoms with Gasteiger partial charge in [-0.15, -0.1) is 11.8 Å². The predicted octanol–water partition coefficient (Wildman–Crippen LogP) is 2.40. The van der Waals surface area contributed by atoms with Gasteiger partial charge in [-0.3, -0.25) is 0 Å². The van der Waals surface area contributed by atoms with Crippen LogP contribution in [0.25, 0.3) is 0 Å². The van der Waals surface area contributed by atoms with Crippen LogP contribution in [0.5, 0.6) is 0 Å². The molecule has 0 spiro atoms. The van der Waals surface area contributed by atoms with Gasteiger partial charge in [0, 0.05) is 17.2 Å². The van der Waals surface area contributed by atoms with Crippen molar-refractivity contribution in [3.8, 4) is 0 Å². The molecule has 0 aliphatic heterocycles. The van der Waals surface area contributed by atoms with Gasteiger partial charge in [0.25, 0.3) is 0 Å². The Morgan fingerprint density at radius 1 is 1.35 bits per heavy atom. The summed E-state index contributed by atoms with van der Waals surface area (Å²) in [4.78, 5) is 1.12. The molecular formula is C12H15NO2S2. The van der Waals surface area contributed by atoms with Gasteiger partial charge in [-0.1, -0.05) is 31.4 Å². The summed E-state index contributed by atoms with van der Waals surface area (Å²) < 4.78 is 25.4. The molecule has 3 nitrogen and oxygen atoms in total. The van der Waals surface area contributed by atoms with Crippen LogP contribution in [0.3, 0.4) is 0 Å². The zero-order valence-electron chi connectivity index (χ0n) is 9.43. The molecule has 0 aliphatic carbocycles. The molecule has 92 valence electrons. The van der Waals surface area contributed by atoms with Gasteiger partial charge < -0.3 is 0 Å². The molecule has 0 fully saturated rings. The minimum atomic E-state index is -3.44. The van der Waals surface area contributed by atoms with Crippen LogP contribution in [0, 0.1) is 0 Å². The van der Waals surface area contributed by atoms with Crippen LogP contribution < -0.4 is 4.72 Å². The first-order chi connectivity index (χ1) is 8.06. The number of nitrogens with one attached hydrogen (secondary N) is 1. The minimum absolute atomic E-state index is 0.00205. The van der Waals surface area contributed by atoms with Crippen molar-refractivity contribution in [2.75, 3.05) is 12.3 Å². The summed E-state index contributed by atoms with van der Waals surface area (Å²) in [6, 6.07) is 9.82. The molecule has 1 aromatic carbocycles. The number of hydrogen-bond donors (Lipinski definition) is 1. The van der Waals surface area contributed by atoms with Crippen LogP contribution in [-0.4, -0.2) is 20.7 Å². The summed E-state index contributed by atoms with van der Waals surface area (Å²) in [6.45, 7) is 7.16. The molecular weight excluding hydrogens is 254 g/mol. The first kappa shape index (κ1) is 14.0. The highest BCUT2D eigenvalue weighted by Gasteiger charge is 2.10. The lowest BCUT2D eigenvalue weighted by molar-refractivity contribution is 0.591. The highest BCUT2D eigenvalue weighted by atomic mass is 32.2. The van der Waals surface area contributed by atoms with E-state index in [9.17, 15) is 8.42 Å². The molecule has 0 heterocycles. The maximum atomic E-state index is 11.5. The standard InChI is InChI=1S/C12H15NO2S2/c1-3-11(2)17(14,15)13-9-10-16-12-7-5-4-6-8-12/h3-8,13H,1-2,9-10H2. The summed E-state index contributed by atoms with van der Waals surface area (Å²) in [7, 11) is -3.44. The maximum Gasteiger partial charge on any atom is 0.239 e. The van der Waals surface area contributed by atoms with Gasteiger partial charge in [0.15, 0.2) is 0 Å². The molecule has 0 amide bonds. The van der Waals surface area contributed by atoms with Crippen LogP contribution in [-0.2, 0) is 10.0 Å². The second-order valence-corrected chi connectivity index (χ2v) is 6.22. The molecule has 0 bridgehead atoms. The van der Waals surface area contributed by atoms with Crippen molar-refractivity contribution in [1.29, 1.82) is 0 Å². The molecule has 17 heavy (non-hydrogen) atoms. The molecule has 0 atom stereocenters. The van der Waals surface area contributed by atoms with Crippen LogP contribution in [0.15, 0.2) is 59.4 Å². The quantitative estimate of drug-likeness (QED) is 0.470. The van der Waals surface area contributed by atoms with E-state index in [0.29, 0.717) is 12.3 Å². The van der Waals surface area contributed by atoms with E-state index in [4.69, 9.17) is 0 Å². The summed E-state index contributed by atoms with van der Waals surface area (Å²) >= 11 is 1.60. The van der Waals surface area contributed by atoms with E-state index in [0.717, 1.165) is 4.90 Å². The van der Waals surface area contributed by atoms with Crippen LogP contribution >= 0.6 is 11.8 Å². The predicted molar refractivity (Wildman–Crippen MR) is 73.4 cm³/mol. The fourth-order valence-electron chi connectivity index (χ4n) is 1.06. The molecule has 0 saturated carbocycles. The third-order valence-electron chi connectivity index (χ3n) is 1.98. The highest BCUT2D eigenvalue weighted by Crippen LogP contribution is 2.16. The molecule has 5 heteroatoms. The van der Waals surface area contributed by atoms with Gasteiger partial charge >= 0.3 is 0 Å². The number of hydrogen-bond acceptors (Lipinski definition) is 3. The van der Waals surface area contributed by atoms with Crippen LogP contribution in [0.2, 0.25) is 0 Å². The summed E-state index contributed by atoms with van der Waals surface area (Å²) in [6.07, 6.45) is 1.23. The minimum Gasteiger partial charge on any atom is -0.210 e. The van der Waals surface area contributed by atoms with Crippen molar-refractivity contribution < 1.29 is 8.42 Å². The number of sulfonamides is 1. The Kier molecular flexibility index (Phi) is 5.47. The summed E-state index contributed by atoms with van der Waals surface area (Å²) in [5.41, 5.74) is 0. The molecule has 0 aromatic heterocycles. The summed E-state index contributed by atoms with van der Waals surface area (Å²) in [5.74, 6) is 0.674. The molecule has 0 aliphatic rings.